The molecule has 0 amide bonds. The van der Waals surface area contributed by atoms with Crippen molar-refractivity contribution in [3.63, 3.8) is 0 Å². The molecule has 3 aliphatic carbocycles. The molecule has 2 atom stereocenters. The Morgan fingerprint density at radius 2 is 2.00 bits per heavy atom. The van der Waals surface area contributed by atoms with E-state index in [1.54, 1.807) is 18.3 Å². The Kier molecular flexibility index (Phi) is 4.37. The van der Waals surface area contributed by atoms with E-state index in [1.807, 2.05) is 6.20 Å². The number of nitrogens with zero attached hydrogens (tertiary/aromatic N) is 4. The number of hydrogen-bond donors (Lipinski definition) is 1. The van der Waals surface area contributed by atoms with E-state index in [4.69, 9.17) is 9.40 Å². The summed E-state index contributed by atoms with van der Waals surface area (Å²) in [7, 11) is 0. The Balaban J connectivity index is 1.48. The maximum Gasteiger partial charge on any atom is 0.174 e. The summed E-state index contributed by atoms with van der Waals surface area (Å²) >= 11 is 0. The second-order valence-corrected chi connectivity index (χ2v) is 9.02. The van der Waals surface area contributed by atoms with Gasteiger partial charge in [-0.1, -0.05) is 6.92 Å². The molecular weight excluding hydrogens is 393 g/mol. The van der Waals surface area contributed by atoms with Crippen molar-refractivity contribution >= 4 is 11.0 Å². The molecule has 1 N–H and O–H groups in total. The zero-order valence-corrected chi connectivity index (χ0v) is 17.4. The third-order valence-electron chi connectivity index (χ3n) is 7.54. The molecule has 31 heavy (non-hydrogen) atoms. The van der Waals surface area contributed by atoms with Crippen molar-refractivity contribution < 1.29 is 8.81 Å². The number of aromatic nitrogens is 5. The fraction of sp³-hybridized carbons (Fsp3) is 0.417. The van der Waals surface area contributed by atoms with Crippen LogP contribution in [0.25, 0.3) is 33.9 Å². The summed E-state index contributed by atoms with van der Waals surface area (Å²) in [5, 5.41) is 0.815. The zero-order valence-electron chi connectivity index (χ0n) is 17.4. The third kappa shape index (κ3) is 3.06. The highest BCUT2D eigenvalue weighted by Crippen LogP contribution is 2.50. The summed E-state index contributed by atoms with van der Waals surface area (Å²) in [5.74, 6) is 2.98. The molecule has 4 aromatic rings. The Hall–Kier alpha value is -3.09. The lowest BCUT2D eigenvalue weighted by atomic mass is 9.58. The highest BCUT2D eigenvalue weighted by atomic mass is 19.1. The van der Waals surface area contributed by atoms with Crippen LogP contribution in [0, 0.1) is 29.5 Å². The third-order valence-corrected chi connectivity index (χ3v) is 7.54. The fourth-order valence-electron chi connectivity index (χ4n) is 5.82. The molecule has 0 aromatic carbocycles. The van der Waals surface area contributed by atoms with Crippen LogP contribution < -0.4 is 0 Å². The minimum absolute atomic E-state index is 0.213. The molecule has 7 heteroatoms. The highest BCUT2D eigenvalue weighted by molar-refractivity contribution is 5.91. The molecule has 4 aromatic heterocycles. The van der Waals surface area contributed by atoms with Crippen LogP contribution >= 0.6 is 0 Å². The van der Waals surface area contributed by atoms with Crippen LogP contribution in [0.3, 0.4) is 0 Å². The molecule has 0 radical (unpaired) electrons. The second kappa shape index (κ2) is 7.25. The normalized spacial score (nSPS) is 25.4. The minimum Gasteiger partial charge on any atom is -0.463 e. The molecule has 3 saturated carbocycles. The van der Waals surface area contributed by atoms with Crippen LogP contribution in [0.15, 0.2) is 41.5 Å². The molecule has 6 nitrogen and oxygen atoms in total. The molecule has 0 spiro atoms. The van der Waals surface area contributed by atoms with Gasteiger partial charge in [0.05, 0.1) is 12.0 Å². The number of nitrogens with one attached hydrogen (secondary N) is 1. The number of halogens is 1. The summed E-state index contributed by atoms with van der Waals surface area (Å²) in [5.41, 5.74) is 2.16. The van der Waals surface area contributed by atoms with Crippen molar-refractivity contribution in [2.24, 2.45) is 23.7 Å². The lowest BCUT2D eigenvalue weighted by Crippen LogP contribution is -2.39. The fourth-order valence-corrected chi connectivity index (χ4v) is 5.82. The predicted octanol–water partition coefficient (Wildman–Crippen LogP) is 5.43. The molecule has 3 aliphatic rings. The molecule has 7 rings (SSSR count). The number of hydrogen-bond acceptors (Lipinski definition) is 5. The van der Waals surface area contributed by atoms with E-state index in [2.05, 4.69) is 26.9 Å². The number of aromatic amines is 1. The van der Waals surface area contributed by atoms with E-state index in [0.717, 1.165) is 16.9 Å². The van der Waals surface area contributed by atoms with Gasteiger partial charge in [-0.15, -0.1) is 0 Å². The SMILES string of the molecule is C[C@@H]1C2CCC(CC2)[C@H]1Cc1nc(-c2c[nH]c3ncncc23)nc(-c2ccco2)c1F. The van der Waals surface area contributed by atoms with E-state index in [1.165, 1.54) is 38.3 Å². The van der Waals surface area contributed by atoms with Crippen LogP contribution in [0.5, 0.6) is 0 Å². The highest BCUT2D eigenvalue weighted by Gasteiger charge is 2.41. The van der Waals surface area contributed by atoms with Gasteiger partial charge in [-0.05, 0) is 67.9 Å². The van der Waals surface area contributed by atoms with Gasteiger partial charge in [0.1, 0.15) is 17.7 Å². The van der Waals surface area contributed by atoms with Gasteiger partial charge < -0.3 is 9.40 Å². The van der Waals surface area contributed by atoms with Crippen molar-refractivity contribution in [2.45, 2.75) is 39.0 Å². The first-order valence-corrected chi connectivity index (χ1v) is 11.1. The van der Waals surface area contributed by atoms with E-state index < -0.39 is 0 Å². The van der Waals surface area contributed by atoms with Crippen molar-refractivity contribution in [3.8, 4) is 22.8 Å². The number of fused-ring (bicyclic) bond motifs is 4. The number of rotatable bonds is 4. The van der Waals surface area contributed by atoms with Crippen molar-refractivity contribution in [2.75, 3.05) is 0 Å². The largest absolute Gasteiger partial charge is 0.463 e. The Bertz CT molecular complexity index is 1220. The van der Waals surface area contributed by atoms with Gasteiger partial charge in [0.2, 0.25) is 0 Å². The van der Waals surface area contributed by atoms with Crippen LogP contribution in [0.1, 0.15) is 38.3 Å². The Morgan fingerprint density at radius 3 is 2.77 bits per heavy atom. The van der Waals surface area contributed by atoms with Gasteiger partial charge in [-0.25, -0.2) is 24.3 Å². The lowest BCUT2D eigenvalue weighted by Gasteiger charge is -2.47. The topological polar surface area (TPSA) is 80.5 Å². The summed E-state index contributed by atoms with van der Waals surface area (Å²) in [6.45, 7) is 2.34. The molecule has 0 aliphatic heterocycles. The molecule has 2 bridgehead atoms. The first-order chi connectivity index (χ1) is 15.2. The first-order valence-electron chi connectivity index (χ1n) is 11.1. The quantitative estimate of drug-likeness (QED) is 0.479. The first kappa shape index (κ1) is 18.7. The standard InChI is InChI=1S/C24H24FN5O/c1-13-14-4-6-15(7-5-14)16(13)9-19-21(25)22(20-3-2-8-31-20)30-24(29-19)18-11-27-23-17(18)10-26-12-28-23/h2-3,8,10-16H,4-7,9H2,1H3,(H,26,27,28)/t13-,14?,15?,16+/m1/s1. The molecule has 3 fully saturated rings. The predicted molar refractivity (Wildman–Crippen MR) is 114 cm³/mol. The van der Waals surface area contributed by atoms with Crippen LogP contribution in [0.4, 0.5) is 4.39 Å². The van der Waals surface area contributed by atoms with Gasteiger partial charge in [-0.2, -0.15) is 0 Å². The summed E-state index contributed by atoms with van der Waals surface area (Å²) in [4.78, 5) is 20.8. The smallest absolute Gasteiger partial charge is 0.174 e. The average Bonchev–Trinajstić information content (AvgIpc) is 3.48. The lowest BCUT2D eigenvalue weighted by molar-refractivity contribution is 0.0334. The second-order valence-electron chi connectivity index (χ2n) is 9.02. The monoisotopic (exact) mass is 417 g/mol. The summed E-state index contributed by atoms with van der Waals surface area (Å²) < 4.78 is 21.2. The summed E-state index contributed by atoms with van der Waals surface area (Å²) in [6, 6.07) is 3.49. The van der Waals surface area contributed by atoms with Gasteiger partial charge >= 0.3 is 0 Å². The van der Waals surface area contributed by atoms with E-state index in [-0.39, 0.29) is 11.5 Å². The average molecular weight is 417 g/mol. The van der Waals surface area contributed by atoms with E-state index >= 15 is 4.39 Å². The van der Waals surface area contributed by atoms with Crippen LogP contribution in [0.2, 0.25) is 0 Å². The molecular formula is C24H24FN5O. The minimum atomic E-state index is -0.372. The Labute approximate surface area is 179 Å². The van der Waals surface area contributed by atoms with E-state index in [0.29, 0.717) is 47.1 Å². The molecule has 158 valence electrons. The van der Waals surface area contributed by atoms with Crippen molar-refractivity contribution in [1.29, 1.82) is 0 Å². The maximum atomic E-state index is 15.7. The van der Waals surface area contributed by atoms with Gasteiger partial charge in [-0.3, -0.25) is 0 Å². The van der Waals surface area contributed by atoms with E-state index in [9.17, 15) is 0 Å². The summed E-state index contributed by atoms with van der Waals surface area (Å²) in [6.07, 6.45) is 12.3. The zero-order chi connectivity index (χ0) is 20.9. The molecule has 4 heterocycles. The van der Waals surface area contributed by atoms with Gasteiger partial charge in [0.15, 0.2) is 17.4 Å². The van der Waals surface area contributed by atoms with Gasteiger partial charge in [0, 0.05) is 23.3 Å². The Morgan fingerprint density at radius 1 is 1.16 bits per heavy atom. The number of furan rings is 1. The maximum absolute atomic E-state index is 15.7. The van der Waals surface area contributed by atoms with Crippen molar-refractivity contribution in [1.82, 2.24) is 24.9 Å². The van der Waals surface area contributed by atoms with Crippen LogP contribution in [-0.2, 0) is 6.42 Å². The molecule has 0 unspecified atom stereocenters. The van der Waals surface area contributed by atoms with Crippen molar-refractivity contribution in [3.05, 3.63) is 48.6 Å². The van der Waals surface area contributed by atoms with Gasteiger partial charge in [0.25, 0.3) is 0 Å². The number of H-pyrrole nitrogens is 1. The van der Waals surface area contributed by atoms with Crippen LogP contribution in [-0.4, -0.2) is 24.9 Å². The molecule has 0 saturated heterocycles.